The smallest absolute Gasteiger partial charge is 0.277 e. The first-order valence-corrected chi connectivity index (χ1v) is 8.71. The Morgan fingerprint density at radius 2 is 1.96 bits per heavy atom. The third-order valence-electron chi connectivity index (χ3n) is 3.42. The zero-order valence-corrected chi connectivity index (χ0v) is 15.1. The van der Waals surface area contributed by atoms with E-state index >= 15 is 0 Å². The highest BCUT2D eigenvalue weighted by molar-refractivity contribution is 7.99. The quantitative estimate of drug-likeness (QED) is 0.636. The van der Waals surface area contributed by atoms with Crippen molar-refractivity contribution in [3.05, 3.63) is 48.5 Å². The first-order chi connectivity index (χ1) is 12.7. The number of rotatable bonds is 7. The molecule has 26 heavy (non-hydrogen) atoms. The van der Waals surface area contributed by atoms with Crippen LogP contribution in [0.1, 0.15) is 0 Å². The number of methoxy groups -OCH3 is 2. The summed E-state index contributed by atoms with van der Waals surface area (Å²) in [5.74, 6) is 1.63. The molecule has 0 radical (unpaired) electrons. The van der Waals surface area contributed by atoms with Gasteiger partial charge in [-0.1, -0.05) is 30.0 Å². The molecule has 1 N–H and O–H groups in total. The van der Waals surface area contributed by atoms with Crippen molar-refractivity contribution in [3.8, 4) is 23.0 Å². The largest absolute Gasteiger partial charge is 0.497 e. The van der Waals surface area contributed by atoms with Gasteiger partial charge in [-0.2, -0.15) is 0 Å². The van der Waals surface area contributed by atoms with Gasteiger partial charge in [0.1, 0.15) is 11.5 Å². The molecule has 0 unspecified atom stereocenters. The molecular weight excluding hydrogens is 354 g/mol. The van der Waals surface area contributed by atoms with Crippen LogP contribution < -0.4 is 14.8 Å². The molecule has 3 aromatic rings. The number of carbonyl (C=O) groups excluding carboxylic acids is 1. The Hall–Kier alpha value is -3.00. The Balaban J connectivity index is 1.60. The van der Waals surface area contributed by atoms with E-state index in [9.17, 15) is 4.79 Å². The number of aromatic nitrogens is 2. The number of para-hydroxylation sites is 1. The minimum Gasteiger partial charge on any atom is -0.497 e. The van der Waals surface area contributed by atoms with Crippen LogP contribution in [0, 0.1) is 0 Å². The molecular formula is C18H17N3O4S. The van der Waals surface area contributed by atoms with Crippen LogP contribution in [0.3, 0.4) is 0 Å². The topological polar surface area (TPSA) is 86.5 Å². The van der Waals surface area contributed by atoms with E-state index in [0.717, 1.165) is 11.8 Å². The van der Waals surface area contributed by atoms with Crippen molar-refractivity contribution in [2.45, 2.75) is 5.22 Å². The fourth-order valence-corrected chi connectivity index (χ4v) is 2.79. The molecule has 0 aliphatic rings. The van der Waals surface area contributed by atoms with Gasteiger partial charge in [0.15, 0.2) is 0 Å². The SMILES string of the molecule is COc1cccc(NC(=O)CSc2nnc(-c3ccccc3OC)o2)c1. The van der Waals surface area contributed by atoms with E-state index in [1.807, 2.05) is 30.3 Å². The van der Waals surface area contributed by atoms with Gasteiger partial charge in [0, 0.05) is 11.8 Å². The van der Waals surface area contributed by atoms with Crippen molar-refractivity contribution in [1.29, 1.82) is 0 Å². The van der Waals surface area contributed by atoms with Crippen molar-refractivity contribution >= 4 is 23.4 Å². The van der Waals surface area contributed by atoms with E-state index in [0.29, 0.717) is 33.9 Å². The van der Waals surface area contributed by atoms with E-state index < -0.39 is 0 Å². The first kappa shape index (κ1) is 17.8. The summed E-state index contributed by atoms with van der Waals surface area (Å²) in [6, 6.07) is 14.5. The summed E-state index contributed by atoms with van der Waals surface area (Å²) < 4.78 is 16.0. The molecule has 134 valence electrons. The molecule has 1 heterocycles. The van der Waals surface area contributed by atoms with Gasteiger partial charge in [-0.3, -0.25) is 4.79 Å². The van der Waals surface area contributed by atoms with E-state index in [-0.39, 0.29) is 11.7 Å². The van der Waals surface area contributed by atoms with Crippen LogP contribution in [0.2, 0.25) is 0 Å². The summed E-state index contributed by atoms with van der Waals surface area (Å²) in [6.45, 7) is 0. The highest BCUT2D eigenvalue weighted by atomic mass is 32.2. The molecule has 0 fully saturated rings. The van der Waals surface area contributed by atoms with E-state index in [4.69, 9.17) is 13.9 Å². The number of amides is 1. The van der Waals surface area contributed by atoms with Crippen LogP contribution in [0.15, 0.2) is 58.2 Å². The summed E-state index contributed by atoms with van der Waals surface area (Å²) in [5, 5.41) is 11.1. The van der Waals surface area contributed by atoms with Crippen LogP contribution in [0.5, 0.6) is 11.5 Å². The maximum atomic E-state index is 12.1. The van der Waals surface area contributed by atoms with Gasteiger partial charge in [0.25, 0.3) is 11.1 Å². The number of hydrogen-bond acceptors (Lipinski definition) is 7. The van der Waals surface area contributed by atoms with Crippen LogP contribution in [-0.2, 0) is 4.79 Å². The summed E-state index contributed by atoms with van der Waals surface area (Å²) in [4.78, 5) is 12.1. The van der Waals surface area contributed by atoms with Crippen molar-refractivity contribution < 1.29 is 18.7 Å². The Bertz CT molecular complexity index is 897. The van der Waals surface area contributed by atoms with Crippen LogP contribution >= 0.6 is 11.8 Å². The third-order valence-corrected chi connectivity index (χ3v) is 4.24. The Labute approximate surface area is 154 Å². The van der Waals surface area contributed by atoms with E-state index in [1.54, 1.807) is 32.4 Å². The first-order valence-electron chi connectivity index (χ1n) is 7.73. The number of thioether (sulfide) groups is 1. The molecule has 0 bridgehead atoms. The minimum atomic E-state index is -0.180. The predicted molar refractivity (Wildman–Crippen MR) is 98.6 cm³/mol. The molecule has 1 aromatic heterocycles. The number of anilines is 1. The van der Waals surface area contributed by atoms with Crippen molar-refractivity contribution in [2.75, 3.05) is 25.3 Å². The number of nitrogens with zero attached hydrogens (tertiary/aromatic N) is 2. The second-order valence-electron chi connectivity index (χ2n) is 5.14. The summed E-state index contributed by atoms with van der Waals surface area (Å²) in [5.41, 5.74) is 1.37. The number of nitrogens with one attached hydrogen (secondary N) is 1. The highest BCUT2D eigenvalue weighted by Gasteiger charge is 2.14. The molecule has 1 amide bonds. The van der Waals surface area contributed by atoms with Gasteiger partial charge >= 0.3 is 0 Å². The monoisotopic (exact) mass is 371 g/mol. The Morgan fingerprint density at radius 3 is 2.77 bits per heavy atom. The maximum absolute atomic E-state index is 12.1. The third kappa shape index (κ3) is 4.34. The second-order valence-corrected chi connectivity index (χ2v) is 6.07. The number of ether oxygens (including phenoxy) is 2. The standard InChI is InChI=1S/C18H17N3O4S/c1-23-13-7-5-6-12(10-13)19-16(22)11-26-18-21-20-17(25-18)14-8-3-4-9-15(14)24-2/h3-10H,11H2,1-2H3,(H,19,22). The van der Waals surface area contributed by atoms with Crippen molar-refractivity contribution in [3.63, 3.8) is 0 Å². The van der Waals surface area contributed by atoms with Crippen LogP contribution in [0.25, 0.3) is 11.5 Å². The summed E-state index contributed by atoms with van der Waals surface area (Å²) in [7, 11) is 3.15. The lowest BCUT2D eigenvalue weighted by Gasteiger charge is -2.06. The van der Waals surface area contributed by atoms with Crippen LogP contribution in [-0.4, -0.2) is 36.1 Å². The summed E-state index contributed by atoms with van der Waals surface area (Å²) >= 11 is 1.16. The van der Waals surface area contributed by atoms with Gasteiger partial charge in [0.05, 0.1) is 25.5 Å². The average molecular weight is 371 g/mol. The molecule has 3 rings (SSSR count). The molecule has 0 spiro atoms. The Kier molecular flexibility index (Phi) is 5.75. The van der Waals surface area contributed by atoms with E-state index in [1.165, 1.54) is 0 Å². The fraction of sp³-hybridized carbons (Fsp3) is 0.167. The van der Waals surface area contributed by atoms with Gasteiger partial charge in [0.2, 0.25) is 5.91 Å². The normalized spacial score (nSPS) is 10.4. The maximum Gasteiger partial charge on any atom is 0.277 e. The molecule has 7 nitrogen and oxygen atoms in total. The summed E-state index contributed by atoms with van der Waals surface area (Å²) in [6.07, 6.45) is 0. The Morgan fingerprint density at radius 1 is 1.12 bits per heavy atom. The molecule has 0 aliphatic heterocycles. The molecule has 8 heteroatoms. The van der Waals surface area contributed by atoms with E-state index in [2.05, 4.69) is 15.5 Å². The molecule has 0 saturated carbocycles. The molecule has 2 aromatic carbocycles. The lowest BCUT2D eigenvalue weighted by Crippen LogP contribution is -2.13. The van der Waals surface area contributed by atoms with Gasteiger partial charge in [-0.25, -0.2) is 0 Å². The number of benzene rings is 2. The highest BCUT2D eigenvalue weighted by Crippen LogP contribution is 2.30. The fourth-order valence-electron chi connectivity index (χ4n) is 2.22. The average Bonchev–Trinajstić information content (AvgIpc) is 3.15. The predicted octanol–water partition coefficient (Wildman–Crippen LogP) is 3.48. The zero-order valence-electron chi connectivity index (χ0n) is 14.3. The van der Waals surface area contributed by atoms with Crippen molar-refractivity contribution in [1.82, 2.24) is 10.2 Å². The lowest BCUT2D eigenvalue weighted by molar-refractivity contribution is -0.113. The second kappa shape index (κ2) is 8.39. The minimum absolute atomic E-state index is 0.144. The number of carbonyl (C=O) groups is 1. The van der Waals surface area contributed by atoms with Gasteiger partial charge in [-0.05, 0) is 24.3 Å². The number of hydrogen-bond donors (Lipinski definition) is 1. The van der Waals surface area contributed by atoms with Crippen LogP contribution in [0.4, 0.5) is 5.69 Å². The van der Waals surface area contributed by atoms with Crippen molar-refractivity contribution in [2.24, 2.45) is 0 Å². The molecule has 0 aliphatic carbocycles. The molecule has 0 saturated heterocycles. The van der Waals surface area contributed by atoms with Gasteiger partial charge in [-0.15, -0.1) is 10.2 Å². The zero-order chi connectivity index (χ0) is 18.4. The lowest BCUT2D eigenvalue weighted by atomic mass is 10.2. The molecule has 0 atom stereocenters. The van der Waals surface area contributed by atoms with Gasteiger partial charge < -0.3 is 19.2 Å².